The van der Waals surface area contributed by atoms with E-state index in [0.29, 0.717) is 6.54 Å². The van der Waals surface area contributed by atoms with E-state index in [1.54, 1.807) is 0 Å². The van der Waals surface area contributed by atoms with Crippen molar-refractivity contribution in [3.8, 4) is 0 Å². The molecule has 2 N–H and O–H groups in total. The van der Waals surface area contributed by atoms with E-state index in [9.17, 15) is 4.79 Å². The molecule has 0 fully saturated rings. The van der Waals surface area contributed by atoms with Crippen molar-refractivity contribution in [1.82, 2.24) is 5.32 Å². The van der Waals surface area contributed by atoms with E-state index in [-0.39, 0.29) is 0 Å². The Hall–Kier alpha value is -0.730. The standard InChI is InChI=1S/C6H13NO2.C2H6/c1-2-3-4-5-7-6(8)9;1-2/h7H,2-5H2,1H3,(H,8,9);1-2H3. The Morgan fingerprint density at radius 2 is 1.91 bits per heavy atom. The number of amides is 1. The number of hydrogen-bond donors (Lipinski definition) is 2. The van der Waals surface area contributed by atoms with E-state index in [1.165, 1.54) is 0 Å². The highest BCUT2D eigenvalue weighted by atomic mass is 16.4. The Kier molecular flexibility index (Phi) is 14.1. The van der Waals surface area contributed by atoms with Gasteiger partial charge in [-0.1, -0.05) is 33.6 Å². The fourth-order valence-corrected chi connectivity index (χ4v) is 0.570. The van der Waals surface area contributed by atoms with Gasteiger partial charge < -0.3 is 10.4 Å². The molecule has 3 nitrogen and oxygen atoms in total. The molecular formula is C8H19NO2. The molecule has 0 aliphatic carbocycles. The molecule has 1 amide bonds. The van der Waals surface area contributed by atoms with Crippen LogP contribution in [0.5, 0.6) is 0 Å². The van der Waals surface area contributed by atoms with E-state index in [1.807, 2.05) is 13.8 Å². The first-order valence-corrected chi connectivity index (χ1v) is 4.24. The van der Waals surface area contributed by atoms with Gasteiger partial charge in [-0.2, -0.15) is 0 Å². The highest BCUT2D eigenvalue weighted by Crippen LogP contribution is 1.90. The maximum Gasteiger partial charge on any atom is 0.404 e. The largest absolute Gasteiger partial charge is 0.465 e. The molecule has 0 unspecified atom stereocenters. The van der Waals surface area contributed by atoms with Crippen LogP contribution in [0.25, 0.3) is 0 Å². The molecule has 0 heterocycles. The lowest BCUT2D eigenvalue weighted by Crippen LogP contribution is -2.21. The van der Waals surface area contributed by atoms with Crippen molar-refractivity contribution >= 4 is 6.09 Å². The molecule has 0 spiro atoms. The summed E-state index contributed by atoms with van der Waals surface area (Å²) in [5, 5.41) is 10.4. The van der Waals surface area contributed by atoms with Gasteiger partial charge in [0.15, 0.2) is 0 Å². The normalized spacial score (nSPS) is 7.91. The monoisotopic (exact) mass is 161 g/mol. The zero-order valence-electron chi connectivity index (χ0n) is 7.68. The molecule has 11 heavy (non-hydrogen) atoms. The molecule has 0 aliphatic heterocycles. The Labute approximate surface area is 68.8 Å². The van der Waals surface area contributed by atoms with Gasteiger partial charge in [-0.3, -0.25) is 0 Å². The molecule has 0 rings (SSSR count). The maximum atomic E-state index is 9.85. The van der Waals surface area contributed by atoms with E-state index in [2.05, 4.69) is 12.2 Å². The van der Waals surface area contributed by atoms with Gasteiger partial charge in [-0.05, 0) is 6.42 Å². The molecule has 0 bridgehead atoms. The third kappa shape index (κ3) is 17.6. The minimum absolute atomic E-state index is 0.586. The van der Waals surface area contributed by atoms with Crippen LogP contribution in [0, 0.1) is 0 Å². The molecule has 68 valence electrons. The predicted molar refractivity (Wildman–Crippen MR) is 46.9 cm³/mol. The molecule has 0 saturated carbocycles. The minimum Gasteiger partial charge on any atom is -0.465 e. The van der Waals surface area contributed by atoms with Gasteiger partial charge in [-0.25, -0.2) is 4.79 Å². The fraction of sp³-hybridized carbons (Fsp3) is 0.875. The van der Waals surface area contributed by atoms with Crippen molar-refractivity contribution in [2.24, 2.45) is 0 Å². The van der Waals surface area contributed by atoms with Gasteiger partial charge in [-0.15, -0.1) is 0 Å². The van der Waals surface area contributed by atoms with Crippen molar-refractivity contribution in [3.63, 3.8) is 0 Å². The molecule has 0 atom stereocenters. The lowest BCUT2D eigenvalue weighted by Gasteiger charge is -1.96. The summed E-state index contributed by atoms with van der Waals surface area (Å²) in [6.45, 7) is 6.67. The third-order valence-corrected chi connectivity index (χ3v) is 1.06. The van der Waals surface area contributed by atoms with Gasteiger partial charge in [0.2, 0.25) is 0 Å². The summed E-state index contributed by atoms with van der Waals surface area (Å²) in [4.78, 5) is 9.85. The van der Waals surface area contributed by atoms with Crippen LogP contribution in [0.4, 0.5) is 4.79 Å². The van der Waals surface area contributed by atoms with Gasteiger partial charge in [0.1, 0.15) is 0 Å². The lowest BCUT2D eigenvalue weighted by molar-refractivity contribution is 0.194. The second-order valence-corrected chi connectivity index (χ2v) is 1.94. The van der Waals surface area contributed by atoms with E-state index in [4.69, 9.17) is 5.11 Å². The van der Waals surface area contributed by atoms with Gasteiger partial charge in [0, 0.05) is 6.54 Å². The van der Waals surface area contributed by atoms with Crippen LogP contribution in [-0.4, -0.2) is 17.7 Å². The number of nitrogens with one attached hydrogen (secondary N) is 1. The van der Waals surface area contributed by atoms with Crippen molar-refractivity contribution < 1.29 is 9.90 Å². The Bertz CT molecular complexity index is 84.2. The number of rotatable bonds is 4. The molecule has 0 aliphatic rings. The molecular weight excluding hydrogens is 142 g/mol. The summed E-state index contributed by atoms with van der Waals surface area (Å²) >= 11 is 0. The maximum absolute atomic E-state index is 9.85. The molecule has 0 aromatic heterocycles. The number of hydrogen-bond acceptors (Lipinski definition) is 1. The van der Waals surface area contributed by atoms with Crippen LogP contribution in [0.3, 0.4) is 0 Å². The second-order valence-electron chi connectivity index (χ2n) is 1.94. The van der Waals surface area contributed by atoms with Crippen LogP contribution < -0.4 is 5.32 Å². The number of carboxylic acid groups (broad SMARTS) is 1. The number of unbranched alkanes of at least 4 members (excludes halogenated alkanes) is 2. The molecule has 0 aromatic carbocycles. The Morgan fingerprint density at radius 1 is 1.36 bits per heavy atom. The van der Waals surface area contributed by atoms with E-state index in [0.717, 1.165) is 19.3 Å². The summed E-state index contributed by atoms with van der Waals surface area (Å²) in [7, 11) is 0. The van der Waals surface area contributed by atoms with E-state index >= 15 is 0 Å². The summed E-state index contributed by atoms with van der Waals surface area (Å²) in [6.07, 6.45) is 2.25. The Morgan fingerprint density at radius 3 is 2.27 bits per heavy atom. The summed E-state index contributed by atoms with van der Waals surface area (Å²) in [6, 6.07) is 0. The van der Waals surface area contributed by atoms with Crippen molar-refractivity contribution in [2.45, 2.75) is 40.0 Å². The zero-order chi connectivity index (χ0) is 9.11. The van der Waals surface area contributed by atoms with Crippen molar-refractivity contribution in [1.29, 1.82) is 0 Å². The van der Waals surface area contributed by atoms with Crippen molar-refractivity contribution in [2.75, 3.05) is 6.54 Å². The van der Waals surface area contributed by atoms with Gasteiger partial charge >= 0.3 is 6.09 Å². The SMILES string of the molecule is CC.CCCCCNC(=O)O. The highest BCUT2D eigenvalue weighted by Gasteiger charge is 1.90. The van der Waals surface area contributed by atoms with Crippen LogP contribution in [0.15, 0.2) is 0 Å². The smallest absolute Gasteiger partial charge is 0.404 e. The van der Waals surface area contributed by atoms with Crippen molar-refractivity contribution in [3.05, 3.63) is 0 Å². The fourth-order valence-electron chi connectivity index (χ4n) is 0.570. The molecule has 0 aromatic rings. The zero-order valence-corrected chi connectivity index (χ0v) is 7.68. The lowest BCUT2D eigenvalue weighted by atomic mass is 10.2. The first-order chi connectivity index (χ1) is 5.27. The quantitative estimate of drug-likeness (QED) is 0.622. The minimum atomic E-state index is -0.925. The highest BCUT2D eigenvalue weighted by molar-refractivity contribution is 5.64. The molecule has 3 heteroatoms. The van der Waals surface area contributed by atoms with Gasteiger partial charge in [0.25, 0.3) is 0 Å². The average Bonchev–Trinajstić information content (AvgIpc) is 2.02. The third-order valence-electron chi connectivity index (χ3n) is 1.06. The summed E-state index contributed by atoms with van der Waals surface area (Å²) < 4.78 is 0. The average molecular weight is 161 g/mol. The first-order valence-electron chi connectivity index (χ1n) is 4.24. The molecule has 0 saturated heterocycles. The molecule has 0 radical (unpaired) electrons. The van der Waals surface area contributed by atoms with Gasteiger partial charge in [0.05, 0.1) is 0 Å². The van der Waals surface area contributed by atoms with Crippen LogP contribution >= 0.6 is 0 Å². The number of carbonyl (C=O) groups is 1. The Balaban J connectivity index is 0. The second kappa shape index (κ2) is 12.0. The van der Waals surface area contributed by atoms with Crippen LogP contribution in [0.1, 0.15) is 40.0 Å². The van der Waals surface area contributed by atoms with Crippen LogP contribution in [0.2, 0.25) is 0 Å². The summed E-state index contributed by atoms with van der Waals surface area (Å²) in [5.41, 5.74) is 0. The predicted octanol–water partition coefficient (Wildman–Crippen LogP) is 2.47. The van der Waals surface area contributed by atoms with E-state index < -0.39 is 6.09 Å². The topological polar surface area (TPSA) is 49.3 Å². The summed E-state index contributed by atoms with van der Waals surface area (Å²) in [5.74, 6) is 0. The first kappa shape index (κ1) is 12.9. The van der Waals surface area contributed by atoms with Crippen LogP contribution in [-0.2, 0) is 0 Å².